The average Bonchev–Trinajstić information content (AvgIpc) is 2.92. The third kappa shape index (κ3) is 4.44. The molecule has 1 unspecified atom stereocenters. The molecule has 0 spiro atoms. The number of hydrogen-bond acceptors (Lipinski definition) is 4. The standard InChI is InChI=1S/C21H20F5N3O2S/c1-27-20(31)14-7-15(21(24,25)26)17(13-5-4-11(22)6-16(13)23)19-18(14)29(10-30)8-12(9-32-19)28(2)3/h4-7,10,12H,8-9H2,1-3H3,(H,27,31). The lowest BCUT2D eigenvalue weighted by molar-refractivity contribution is -0.137. The van der Waals surface area contributed by atoms with Crippen LogP contribution in [-0.2, 0) is 11.0 Å². The van der Waals surface area contributed by atoms with Crippen LogP contribution in [0, 0.1) is 11.6 Å². The van der Waals surface area contributed by atoms with Gasteiger partial charge in [0.15, 0.2) is 0 Å². The van der Waals surface area contributed by atoms with Crippen molar-refractivity contribution in [1.29, 1.82) is 0 Å². The van der Waals surface area contributed by atoms with Crippen LogP contribution >= 0.6 is 11.8 Å². The number of rotatable bonds is 4. The van der Waals surface area contributed by atoms with Gasteiger partial charge in [-0.05, 0) is 32.3 Å². The van der Waals surface area contributed by atoms with E-state index in [4.69, 9.17) is 0 Å². The van der Waals surface area contributed by atoms with E-state index >= 15 is 0 Å². The molecule has 0 radical (unpaired) electrons. The predicted octanol–water partition coefficient (Wildman–Crippen LogP) is 4.01. The summed E-state index contributed by atoms with van der Waals surface area (Å²) in [5.74, 6) is -2.68. The van der Waals surface area contributed by atoms with Crippen molar-refractivity contribution < 1.29 is 31.5 Å². The van der Waals surface area contributed by atoms with Crippen molar-refractivity contribution in [1.82, 2.24) is 10.2 Å². The molecule has 1 aliphatic rings. The molecule has 1 atom stereocenters. The molecule has 0 bridgehead atoms. The number of benzene rings is 2. The first-order valence-corrected chi connectivity index (χ1v) is 10.4. The van der Waals surface area contributed by atoms with Gasteiger partial charge in [0.2, 0.25) is 6.41 Å². The number of carbonyl (C=O) groups excluding carboxylic acids is 2. The van der Waals surface area contributed by atoms with Crippen molar-refractivity contribution in [3.8, 4) is 11.1 Å². The molecular weight excluding hydrogens is 453 g/mol. The zero-order valence-corrected chi connectivity index (χ0v) is 18.2. The minimum Gasteiger partial charge on any atom is -0.355 e. The molecule has 172 valence electrons. The van der Waals surface area contributed by atoms with Crippen LogP contribution < -0.4 is 10.2 Å². The molecule has 1 N–H and O–H groups in total. The van der Waals surface area contributed by atoms with E-state index in [0.717, 1.165) is 28.8 Å². The topological polar surface area (TPSA) is 52.7 Å². The molecule has 32 heavy (non-hydrogen) atoms. The van der Waals surface area contributed by atoms with Crippen LogP contribution in [0.3, 0.4) is 0 Å². The molecular formula is C21H20F5N3O2S. The number of carbonyl (C=O) groups is 2. The summed E-state index contributed by atoms with van der Waals surface area (Å²) in [4.78, 5) is 27.4. The number of fused-ring (bicyclic) bond motifs is 1. The third-order valence-electron chi connectivity index (χ3n) is 5.21. The number of nitrogens with zero attached hydrogens (tertiary/aromatic N) is 2. The monoisotopic (exact) mass is 473 g/mol. The number of halogens is 5. The summed E-state index contributed by atoms with van der Waals surface area (Å²) in [7, 11) is 4.77. The smallest absolute Gasteiger partial charge is 0.355 e. The first kappa shape index (κ1) is 24.0. The number of thioether (sulfide) groups is 1. The van der Waals surface area contributed by atoms with Gasteiger partial charge in [-0.25, -0.2) is 8.78 Å². The van der Waals surface area contributed by atoms with Gasteiger partial charge in [-0.1, -0.05) is 0 Å². The maximum Gasteiger partial charge on any atom is 0.417 e. The second kappa shape index (κ2) is 9.07. The van der Waals surface area contributed by atoms with Gasteiger partial charge in [-0.15, -0.1) is 11.8 Å². The SMILES string of the molecule is CNC(=O)c1cc(C(F)(F)F)c(-c2ccc(F)cc2F)c2c1N(C=O)CC(N(C)C)CS2. The first-order valence-electron chi connectivity index (χ1n) is 9.46. The summed E-state index contributed by atoms with van der Waals surface area (Å²) in [6.07, 6.45) is -4.51. The highest BCUT2D eigenvalue weighted by Gasteiger charge is 2.40. The van der Waals surface area contributed by atoms with Crippen molar-refractivity contribution in [2.24, 2.45) is 0 Å². The highest BCUT2D eigenvalue weighted by molar-refractivity contribution is 7.99. The molecule has 5 nitrogen and oxygen atoms in total. The summed E-state index contributed by atoms with van der Waals surface area (Å²) < 4.78 is 70.5. The van der Waals surface area contributed by atoms with Gasteiger partial charge in [0, 0.05) is 47.5 Å². The lowest BCUT2D eigenvalue weighted by Gasteiger charge is -2.28. The maximum atomic E-state index is 14.7. The van der Waals surface area contributed by atoms with Crippen LogP contribution in [0.5, 0.6) is 0 Å². The number of hydrogen-bond donors (Lipinski definition) is 1. The summed E-state index contributed by atoms with van der Waals surface area (Å²) in [6, 6.07) is 2.64. The Morgan fingerprint density at radius 1 is 1.25 bits per heavy atom. The minimum atomic E-state index is -4.95. The summed E-state index contributed by atoms with van der Waals surface area (Å²) >= 11 is 0.989. The second-order valence-electron chi connectivity index (χ2n) is 7.41. The van der Waals surface area contributed by atoms with E-state index in [1.54, 1.807) is 19.0 Å². The Morgan fingerprint density at radius 2 is 1.94 bits per heavy atom. The summed E-state index contributed by atoms with van der Waals surface area (Å²) in [6.45, 7) is 0.108. The van der Waals surface area contributed by atoms with Crippen molar-refractivity contribution >= 4 is 29.8 Å². The largest absolute Gasteiger partial charge is 0.417 e. The quantitative estimate of drug-likeness (QED) is 0.539. The van der Waals surface area contributed by atoms with Crippen molar-refractivity contribution in [3.63, 3.8) is 0 Å². The normalized spacial score (nSPS) is 16.5. The minimum absolute atomic E-state index is 0.0413. The van der Waals surface area contributed by atoms with E-state index in [1.165, 1.54) is 7.05 Å². The highest BCUT2D eigenvalue weighted by Crippen LogP contribution is 2.50. The molecule has 0 saturated heterocycles. The number of anilines is 1. The first-order chi connectivity index (χ1) is 15.0. The Labute approximate surface area is 185 Å². The fourth-order valence-electron chi connectivity index (χ4n) is 3.52. The van der Waals surface area contributed by atoms with Crippen LogP contribution in [-0.4, -0.2) is 56.7 Å². The fourth-order valence-corrected chi connectivity index (χ4v) is 5.01. The summed E-state index contributed by atoms with van der Waals surface area (Å²) in [5.41, 5.74) is -2.66. The van der Waals surface area contributed by atoms with Crippen molar-refractivity contribution in [2.75, 3.05) is 38.3 Å². The maximum absolute atomic E-state index is 14.7. The van der Waals surface area contributed by atoms with Gasteiger partial charge in [0.1, 0.15) is 11.6 Å². The number of amides is 2. The lowest BCUT2D eigenvalue weighted by Crippen LogP contribution is -2.41. The number of nitrogens with one attached hydrogen (secondary N) is 1. The molecule has 2 aromatic carbocycles. The fraction of sp³-hybridized carbons (Fsp3) is 0.333. The van der Waals surface area contributed by atoms with Gasteiger partial charge >= 0.3 is 6.18 Å². The Kier molecular flexibility index (Phi) is 6.80. The van der Waals surface area contributed by atoms with Crippen molar-refractivity contribution in [3.05, 3.63) is 47.0 Å². The highest BCUT2D eigenvalue weighted by atomic mass is 32.2. The molecule has 0 aliphatic carbocycles. The van der Waals surface area contributed by atoms with E-state index in [1.807, 2.05) is 0 Å². The molecule has 1 heterocycles. The van der Waals surface area contributed by atoms with E-state index in [2.05, 4.69) is 5.32 Å². The van der Waals surface area contributed by atoms with Gasteiger partial charge in [-0.2, -0.15) is 13.2 Å². The average molecular weight is 473 g/mol. The van der Waals surface area contributed by atoms with Gasteiger partial charge < -0.3 is 15.1 Å². The van der Waals surface area contributed by atoms with Crippen LogP contribution in [0.1, 0.15) is 15.9 Å². The molecule has 11 heteroatoms. The summed E-state index contributed by atoms with van der Waals surface area (Å²) in [5, 5.41) is 2.29. The van der Waals surface area contributed by atoms with Gasteiger partial charge in [0.05, 0.1) is 16.8 Å². The predicted molar refractivity (Wildman–Crippen MR) is 112 cm³/mol. The third-order valence-corrected chi connectivity index (χ3v) is 6.44. The zero-order valence-electron chi connectivity index (χ0n) is 17.4. The molecule has 3 rings (SSSR count). The molecule has 2 amide bonds. The van der Waals surface area contributed by atoms with Crippen LogP contribution in [0.15, 0.2) is 29.2 Å². The van der Waals surface area contributed by atoms with Crippen LogP contribution in [0.25, 0.3) is 11.1 Å². The van der Waals surface area contributed by atoms with Crippen molar-refractivity contribution in [2.45, 2.75) is 17.1 Å². The van der Waals surface area contributed by atoms with E-state index < -0.39 is 40.4 Å². The molecule has 0 fully saturated rings. The molecule has 2 aromatic rings. The Bertz CT molecular complexity index is 1060. The number of alkyl halides is 3. The van der Waals surface area contributed by atoms with E-state index in [-0.39, 0.29) is 34.5 Å². The zero-order chi connectivity index (χ0) is 23.8. The van der Waals surface area contributed by atoms with E-state index in [9.17, 15) is 31.5 Å². The Hall–Kier alpha value is -2.66. The molecule has 0 aromatic heterocycles. The van der Waals surface area contributed by atoms with Crippen LogP contribution in [0.4, 0.5) is 27.6 Å². The molecule has 1 aliphatic heterocycles. The lowest BCUT2D eigenvalue weighted by atomic mass is 9.94. The van der Waals surface area contributed by atoms with E-state index in [0.29, 0.717) is 18.5 Å². The number of likely N-dealkylation sites (N-methyl/N-ethyl adjacent to an activating group) is 1. The Morgan fingerprint density at radius 3 is 2.47 bits per heavy atom. The van der Waals surface area contributed by atoms with Gasteiger partial charge in [-0.3, -0.25) is 9.59 Å². The van der Waals surface area contributed by atoms with Gasteiger partial charge in [0.25, 0.3) is 5.91 Å². The Balaban J connectivity index is 2.46. The second-order valence-corrected chi connectivity index (χ2v) is 8.44. The molecule has 0 saturated carbocycles. The van der Waals surface area contributed by atoms with Crippen LogP contribution in [0.2, 0.25) is 0 Å².